The van der Waals surface area contributed by atoms with Gasteiger partial charge >= 0.3 is 0 Å². The maximum atomic E-state index is 12.4. The van der Waals surface area contributed by atoms with Crippen molar-refractivity contribution in [2.24, 2.45) is 0 Å². The number of hydrogen-bond acceptors (Lipinski definition) is 4. The summed E-state index contributed by atoms with van der Waals surface area (Å²) >= 11 is 12.2. The van der Waals surface area contributed by atoms with Crippen LogP contribution in [0.3, 0.4) is 0 Å². The molecule has 5 nitrogen and oxygen atoms in total. The molecule has 0 fully saturated rings. The molecule has 1 N–H and O–H groups in total. The van der Waals surface area contributed by atoms with E-state index in [1.54, 1.807) is 36.4 Å². The summed E-state index contributed by atoms with van der Waals surface area (Å²) in [6, 6.07) is 16.4. The lowest BCUT2D eigenvalue weighted by atomic mass is 10.1. The molecule has 0 saturated carbocycles. The zero-order valence-corrected chi connectivity index (χ0v) is 18.6. The molecular formula is C24H20Cl2N2O3. The Labute approximate surface area is 189 Å². The Morgan fingerprint density at radius 3 is 2.71 bits per heavy atom. The van der Waals surface area contributed by atoms with Crippen LogP contribution in [0.25, 0.3) is 22.6 Å². The van der Waals surface area contributed by atoms with Crippen LogP contribution in [0.4, 0.5) is 5.69 Å². The number of amides is 1. The van der Waals surface area contributed by atoms with Gasteiger partial charge in [0.15, 0.2) is 12.2 Å². The second-order valence-electron chi connectivity index (χ2n) is 7.12. The quantitative estimate of drug-likeness (QED) is 0.352. The van der Waals surface area contributed by atoms with Crippen molar-refractivity contribution in [3.05, 3.63) is 75.8 Å². The van der Waals surface area contributed by atoms with Crippen molar-refractivity contribution in [2.45, 2.75) is 20.3 Å². The van der Waals surface area contributed by atoms with Gasteiger partial charge in [0.05, 0.1) is 10.7 Å². The first-order valence-corrected chi connectivity index (χ1v) is 10.6. The van der Waals surface area contributed by atoms with Crippen molar-refractivity contribution in [1.82, 2.24) is 4.98 Å². The number of aromatic nitrogens is 1. The third-order valence-corrected chi connectivity index (χ3v) is 5.41. The highest BCUT2D eigenvalue weighted by atomic mass is 35.5. The molecule has 0 atom stereocenters. The molecule has 7 heteroatoms. The monoisotopic (exact) mass is 454 g/mol. The second kappa shape index (κ2) is 9.00. The number of anilines is 1. The summed E-state index contributed by atoms with van der Waals surface area (Å²) in [5.41, 5.74) is 4.71. The average Bonchev–Trinajstić information content (AvgIpc) is 3.18. The first-order valence-electron chi connectivity index (χ1n) is 9.81. The van der Waals surface area contributed by atoms with Gasteiger partial charge in [0.1, 0.15) is 11.3 Å². The fourth-order valence-corrected chi connectivity index (χ4v) is 3.57. The van der Waals surface area contributed by atoms with Gasteiger partial charge in [-0.1, -0.05) is 36.2 Å². The number of hydrogen-bond donors (Lipinski definition) is 1. The number of benzene rings is 3. The maximum Gasteiger partial charge on any atom is 0.262 e. The van der Waals surface area contributed by atoms with Crippen LogP contribution >= 0.6 is 23.2 Å². The number of fused-ring (bicyclic) bond motifs is 1. The van der Waals surface area contributed by atoms with Crippen molar-refractivity contribution in [2.75, 3.05) is 11.9 Å². The minimum atomic E-state index is -0.335. The molecule has 0 aliphatic carbocycles. The summed E-state index contributed by atoms with van der Waals surface area (Å²) in [7, 11) is 0. The van der Waals surface area contributed by atoms with Crippen molar-refractivity contribution in [3.63, 3.8) is 0 Å². The molecular weight excluding hydrogens is 435 g/mol. The van der Waals surface area contributed by atoms with Gasteiger partial charge in [-0.25, -0.2) is 4.98 Å². The van der Waals surface area contributed by atoms with Gasteiger partial charge in [-0.05, 0) is 73.0 Å². The molecule has 0 unspecified atom stereocenters. The topological polar surface area (TPSA) is 64.4 Å². The minimum Gasteiger partial charge on any atom is -0.483 e. The highest BCUT2D eigenvalue weighted by molar-refractivity contribution is 6.33. The van der Waals surface area contributed by atoms with E-state index in [0.29, 0.717) is 38.5 Å². The van der Waals surface area contributed by atoms with E-state index in [1.807, 2.05) is 25.1 Å². The molecule has 3 aromatic carbocycles. The lowest BCUT2D eigenvalue weighted by Gasteiger charge is -2.11. The van der Waals surface area contributed by atoms with Crippen LogP contribution in [0.15, 0.2) is 59.0 Å². The number of halogens is 2. The van der Waals surface area contributed by atoms with Crippen LogP contribution in [-0.2, 0) is 11.2 Å². The fourth-order valence-electron chi connectivity index (χ4n) is 3.17. The number of nitrogens with zero attached hydrogens (tertiary/aromatic N) is 1. The third kappa shape index (κ3) is 4.84. The molecule has 31 heavy (non-hydrogen) atoms. The Kier molecular flexibility index (Phi) is 6.16. The summed E-state index contributed by atoms with van der Waals surface area (Å²) in [5.74, 6) is 0.722. The summed E-state index contributed by atoms with van der Waals surface area (Å²) in [5, 5.41) is 3.80. The molecule has 0 bridgehead atoms. The standard InChI is InChI=1S/C24H20Cl2N2O3/c1-3-15-4-8-22-20(11-15)28-24(31-22)16-5-7-18(26)19(12-16)27-23(29)13-30-21-9-6-17(25)10-14(21)2/h4-12H,3,13H2,1-2H3,(H,27,29). The Morgan fingerprint density at radius 1 is 1.10 bits per heavy atom. The Morgan fingerprint density at radius 2 is 1.94 bits per heavy atom. The normalized spacial score (nSPS) is 11.0. The number of carbonyl (C=O) groups excluding carboxylic acids is 1. The lowest BCUT2D eigenvalue weighted by Crippen LogP contribution is -2.20. The second-order valence-corrected chi connectivity index (χ2v) is 7.96. The van der Waals surface area contributed by atoms with Crippen LogP contribution in [-0.4, -0.2) is 17.5 Å². The van der Waals surface area contributed by atoms with E-state index in [9.17, 15) is 4.79 Å². The molecule has 0 aliphatic heterocycles. The Balaban J connectivity index is 1.50. The molecule has 158 valence electrons. The highest BCUT2D eigenvalue weighted by Gasteiger charge is 2.13. The van der Waals surface area contributed by atoms with Crippen LogP contribution in [0, 0.1) is 6.92 Å². The van der Waals surface area contributed by atoms with Crippen molar-refractivity contribution in [3.8, 4) is 17.2 Å². The maximum absolute atomic E-state index is 12.4. The average molecular weight is 455 g/mol. The van der Waals surface area contributed by atoms with Crippen LogP contribution in [0.5, 0.6) is 5.75 Å². The molecule has 1 amide bonds. The molecule has 4 aromatic rings. The van der Waals surface area contributed by atoms with Crippen molar-refractivity contribution < 1.29 is 13.9 Å². The van der Waals surface area contributed by atoms with E-state index < -0.39 is 0 Å². The van der Waals surface area contributed by atoms with Crippen LogP contribution in [0.2, 0.25) is 10.0 Å². The lowest BCUT2D eigenvalue weighted by molar-refractivity contribution is -0.118. The van der Waals surface area contributed by atoms with Crippen LogP contribution < -0.4 is 10.1 Å². The third-order valence-electron chi connectivity index (χ3n) is 4.84. The number of nitrogens with one attached hydrogen (secondary N) is 1. The van der Waals surface area contributed by atoms with Crippen molar-refractivity contribution >= 4 is 45.9 Å². The predicted octanol–water partition coefficient (Wildman–Crippen LogP) is 6.69. The molecule has 1 heterocycles. The van der Waals surface area contributed by atoms with E-state index in [-0.39, 0.29) is 12.5 Å². The van der Waals surface area contributed by atoms with Gasteiger partial charge in [-0.2, -0.15) is 0 Å². The fraction of sp³-hybridized carbons (Fsp3) is 0.167. The molecule has 1 aromatic heterocycles. The van der Waals surface area contributed by atoms with E-state index in [4.69, 9.17) is 32.4 Å². The van der Waals surface area contributed by atoms with Gasteiger partial charge in [0.25, 0.3) is 5.91 Å². The van der Waals surface area contributed by atoms with Crippen molar-refractivity contribution in [1.29, 1.82) is 0 Å². The van der Waals surface area contributed by atoms with E-state index in [2.05, 4.69) is 17.2 Å². The molecule has 0 saturated heterocycles. The number of rotatable bonds is 6. The summed E-state index contributed by atoms with van der Waals surface area (Å²) in [6.45, 7) is 3.79. The Hall–Kier alpha value is -3.02. The number of oxazole rings is 1. The van der Waals surface area contributed by atoms with Gasteiger partial charge in [0.2, 0.25) is 5.89 Å². The number of carbonyl (C=O) groups is 1. The Bertz CT molecular complexity index is 1270. The first kappa shape index (κ1) is 21.2. The number of ether oxygens (including phenoxy) is 1. The zero-order chi connectivity index (χ0) is 22.0. The largest absolute Gasteiger partial charge is 0.483 e. The van der Waals surface area contributed by atoms with Gasteiger partial charge in [-0.3, -0.25) is 4.79 Å². The van der Waals surface area contributed by atoms with E-state index in [0.717, 1.165) is 17.5 Å². The summed E-state index contributed by atoms with van der Waals surface area (Å²) in [4.78, 5) is 17.0. The van der Waals surface area contributed by atoms with Gasteiger partial charge in [-0.15, -0.1) is 0 Å². The molecule has 0 spiro atoms. The minimum absolute atomic E-state index is 0.161. The van der Waals surface area contributed by atoms with Crippen LogP contribution in [0.1, 0.15) is 18.1 Å². The first-order chi connectivity index (χ1) is 14.9. The summed E-state index contributed by atoms with van der Waals surface area (Å²) < 4.78 is 11.5. The molecule has 0 aliphatic rings. The SMILES string of the molecule is CCc1ccc2oc(-c3ccc(Cl)c(NC(=O)COc4ccc(Cl)cc4C)c3)nc2c1. The van der Waals surface area contributed by atoms with Gasteiger partial charge < -0.3 is 14.5 Å². The highest BCUT2D eigenvalue weighted by Crippen LogP contribution is 2.31. The van der Waals surface area contributed by atoms with E-state index >= 15 is 0 Å². The summed E-state index contributed by atoms with van der Waals surface area (Å²) in [6.07, 6.45) is 0.923. The zero-order valence-electron chi connectivity index (χ0n) is 17.0. The number of aryl methyl sites for hydroxylation is 2. The molecule has 0 radical (unpaired) electrons. The van der Waals surface area contributed by atoms with E-state index in [1.165, 1.54) is 5.56 Å². The smallest absolute Gasteiger partial charge is 0.262 e. The predicted molar refractivity (Wildman–Crippen MR) is 124 cm³/mol. The molecule has 4 rings (SSSR count). The van der Waals surface area contributed by atoms with Gasteiger partial charge in [0, 0.05) is 10.6 Å².